The standard InChI is InChI=1S/C11H22BrNO/c1-2-6-13(7-8-14)10-11(9-12)4-3-5-11/h14H,2-10H2,1H3. The second-order valence-corrected chi connectivity index (χ2v) is 5.05. The van der Waals surface area contributed by atoms with Crippen LogP contribution in [0.15, 0.2) is 0 Å². The van der Waals surface area contributed by atoms with E-state index in [2.05, 4.69) is 27.8 Å². The highest BCUT2D eigenvalue weighted by molar-refractivity contribution is 9.09. The average molecular weight is 264 g/mol. The molecule has 0 amide bonds. The van der Waals surface area contributed by atoms with Gasteiger partial charge in [0.1, 0.15) is 0 Å². The van der Waals surface area contributed by atoms with Gasteiger partial charge in [-0.05, 0) is 31.2 Å². The Kier molecular flexibility index (Phi) is 5.42. The Labute approximate surface area is 95.8 Å². The Bertz CT molecular complexity index is 148. The smallest absolute Gasteiger partial charge is 0.0558 e. The number of alkyl halides is 1. The van der Waals surface area contributed by atoms with Crippen LogP contribution in [-0.2, 0) is 0 Å². The van der Waals surface area contributed by atoms with Crippen LogP contribution in [0.25, 0.3) is 0 Å². The minimum Gasteiger partial charge on any atom is -0.395 e. The van der Waals surface area contributed by atoms with Gasteiger partial charge in [0.2, 0.25) is 0 Å². The average Bonchev–Trinajstić information content (AvgIpc) is 2.12. The largest absolute Gasteiger partial charge is 0.395 e. The van der Waals surface area contributed by atoms with Crippen molar-refractivity contribution >= 4 is 15.9 Å². The first kappa shape index (κ1) is 12.5. The molecule has 0 aromatic rings. The lowest BCUT2D eigenvalue weighted by molar-refractivity contribution is 0.0792. The lowest BCUT2D eigenvalue weighted by atomic mass is 9.70. The molecule has 1 saturated carbocycles. The molecular weight excluding hydrogens is 242 g/mol. The molecule has 14 heavy (non-hydrogen) atoms. The lowest BCUT2D eigenvalue weighted by Crippen LogP contribution is -2.44. The maximum absolute atomic E-state index is 8.97. The summed E-state index contributed by atoms with van der Waals surface area (Å²) in [4.78, 5) is 2.40. The number of halogens is 1. The summed E-state index contributed by atoms with van der Waals surface area (Å²) < 4.78 is 0. The number of hydrogen-bond donors (Lipinski definition) is 1. The fourth-order valence-corrected chi connectivity index (χ4v) is 2.95. The Morgan fingerprint density at radius 3 is 2.43 bits per heavy atom. The molecule has 3 heteroatoms. The van der Waals surface area contributed by atoms with Crippen LogP contribution >= 0.6 is 15.9 Å². The highest BCUT2D eigenvalue weighted by atomic mass is 79.9. The molecule has 0 heterocycles. The first-order valence-corrected chi connectivity index (χ1v) is 6.77. The van der Waals surface area contributed by atoms with Crippen molar-refractivity contribution in [2.24, 2.45) is 5.41 Å². The van der Waals surface area contributed by atoms with Crippen molar-refractivity contribution in [2.45, 2.75) is 32.6 Å². The minimum absolute atomic E-state index is 0.290. The Hall–Kier alpha value is 0.400. The van der Waals surface area contributed by atoms with Gasteiger partial charge < -0.3 is 10.0 Å². The van der Waals surface area contributed by atoms with Gasteiger partial charge >= 0.3 is 0 Å². The molecule has 84 valence electrons. The molecule has 1 rings (SSSR count). The first-order valence-electron chi connectivity index (χ1n) is 5.65. The van der Waals surface area contributed by atoms with E-state index >= 15 is 0 Å². The van der Waals surface area contributed by atoms with Crippen LogP contribution in [0, 0.1) is 5.41 Å². The zero-order chi connectivity index (χ0) is 10.4. The van der Waals surface area contributed by atoms with Gasteiger partial charge in [-0.25, -0.2) is 0 Å². The van der Waals surface area contributed by atoms with E-state index in [4.69, 9.17) is 5.11 Å². The van der Waals surface area contributed by atoms with E-state index in [1.165, 1.54) is 25.7 Å². The molecule has 1 aliphatic rings. The number of aliphatic hydroxyl groups excluding tert-OH is 1. The molecule has 0 bridgehead atoms. The molecule has 1 N–H and O–H groups in total. The van der Waals surface area contributed by atoms with Crippen molar-refractivity contribution in [1.29, 1.82) is 0 Å². The predicted octanol–water partition coefficient (Wildman–Crippen LogP) is 2.26. The summed E-state index contributed by atoms with van der Waals surface area (Å²) in [7, 11) is 0. The van der Waals surface area contributed by atoms with Crippen molar-refractivity contribution in [3.63, 3.8) is 0 Å². The molecule has 0 radical (unpaired) electrons. The Balaban J connectivity index is 2.36. The van der Waals surface area contributed by atoms with E-state index in [0.29, 0.717) is 12.0 Å². The molecule has 0 atom stereocenters. The predicted molar refractivity (Wildman–Crippen MR) is 63.9 cm³/mol. The maximum Gasteiger partial charge on any atom is 0.0558 e. The molecule has 0 aromatic carbocycles. The highest BCUT2D eigenvalue weighted by Crippen LogP contribution is 2.42. The van der Waals surface area contributed by atoms with Crippen LogP contribution in [-0.4, -0.2) is 41.6 Å². The van der Waals surface area contributed by atoms with E-state index in [-0.39, 0.29) is 0 Å². The number of hydrogen-bond acceptors (Lipinski definition) is 2. The minimum atomic E-state index is 0.290. The summed E-state index contributed by atoms with van der Waals surface area (Å²) in [5, 5.41) is 10.1. The molecule has 0 aromatic heterocycles. The topological polar surface area (TPSA) is 23.5 Å². The SMILES string of the molecule is CCCN(CCO)CC1(CBr)CCC1. The second kappa shape index (κ2) is 6.09. The van der Waals surface area contributed by atoms with Crippen molar-refractivity contribution in [2.75, 3.05) is 31.6 Å². The third-order valence-corrected chi connectivity index (χ3v) is 4.40. The van der Waals surface area contributed by atoms with Crippen molar-refractivity contribution in [3.8, 4) is 0 Å². The zero-order valence-corrected chi connectivity index (χ0v) is 10.7. The van der Waals surface area contributed by atoms with Gasteiger partial charge in [-0.3, -0.25) is 0 Å². The number of rotatable bonds is 7. The molecule has 1 fully saturated rings. The summed E-state index contributed by atoms with van der Waals surface area (Å²) in [5.41, 5.74) is 0.518. The molecule has 0 unspecified atom stereocenters. The molecule has 0 aliphatic heterocycles. The van der Waals surface area contributed by atoms with Crippen LogP contribution in [0.5, 0.6) is 0 Å². The van der Waals surface area contributed by atoms with E-state index < -0.39 is 0 Å². The summed E-state index contributed by atoms with van der Waals surface area (Å²) in [6.07, 6.45) is 5.26. The van der Waals surface area contributed by atoms with Crippen LogP contribution in [0.2, 0.25) is 0 Å². The number of nitrogens with zero attached hydrogens (tertiary/aromatic N) is 1. The fraction of sp³-hybridized carbons (Fsp3) is 1.00. The van der Waals surface area contributed by atoms with Gasteiger partial charge in [0, 0.05) is 18.4 Å². The third-order valence-electron chi connectivity index (χ3n) is 3.21. The quantitative estimate of drug-likeness (QED) is 0.713. The summed E-state index contributed by atoms with van der Waals surface area (Å²) >= 11 is 3.62. The van der Waals surface area contributed by atoms with Crippen molar-refractivity contribution in [1.82, 2.24) is 4.90 Å². The maximum atomic E-state index is 8.97. The fourth-order valence-electron chi connectivity index (χ4n) is 2.21. The van der Waals surface area contributed by atoms with E-state index in [1.807, 2.05) is 0 Å². The van der Waals surface area contributed by atoms with Gasteiger partial charge in [-0.1, -0.05) is 29.3 Å². The summed E-state index contributed by atoms with van der Waals surface area (Å²) in [5.74, 6) is 0. The second-order valence-electron chi connectivity index (χ2n) is 4.49. The summed E-state index contributed by atoms with van der Waals surface area (Å²) in [6.45, 7) is 5.61. The van der Waals surface area contributed by atoms with Gasteiger partial charge in [0.25, 0.3) is 0 Å². The first-order chi connectivity index (χ1) is 6.76. The van der Waals surface area contributed by atoms with Crippen LogP contribution in [0.4, 0.5) is 0 Å². The monoisotopic (exact) mass is 263 g/mol. The van der Waals surface area contributed by atoms with Crippen molar-refractivity contribution in [3.05, 3.63) is 0 Å². The van der Waals surface area contributed by atoms with Gasteiger partial charge in [0.15, 0.2) is 0 Å². The third kappa shape index (κ3) is 3.21. The van der Waals surface area contributed by atoms with Crippen molar-refractivity contribution < 1.29 is 5.11 Å². The molecule has 0 spiro atoms. The Morgan fingerprint density at radius 1 is 1.36 bits per heavy atom. The summed E-state index contributed by atoms with van der Waals surface area (Å²) in [6, 6.07) is 0. The lowest BCUT2D eigenvalue weighted by Gasteiger charge is -2.44. The Morgan fingerprint density at radius 2 is 2.07 bits per heavy atom. The number of aliphatic hydroxyl groups is 1. The normalized spacial score (nSPS) is 19.7. The van der Waals surface area contributed by atoms with E-state index in [1.54, 1.807) is 0 Å². The van der Waals surface area contributed by atoms with Crippen LogP contribution < -0.4 is 0 Å². The molecule has 0 saturated heterocycles. The van der Waals surface area contributed by atoms with E-state index in [9.17, 15) is 0 Å². The van der Waals surface area contributed by atoms with Gasteiger partial charge in [-0.2, -0.15) is 0 Å². The van der Waals surface area contributed by atoms with Gasteiger partial charge in [-0.15, -0.1) is 0 Å². The zero-order valence-electron chi connectivity index (χ0n) is 9.14. The molecular formula is C11H22BrNO. The van der Waals surface area contributed by atoms with Crippen LogP contribution in [0.3, 0.4) is 0 Å². The molecule has 2 nitrogen and oxygen atoms in total. The van der Waals surface area contributed by atoms with E-state index in [0.717, 1.165) is 25.0 Å². The highest BCUT2D eigenvalue weighted by Gasteiger charge is 2.36. The van der Waals surface area contributed by atoms with Gasteiger partial charge in [0.05, 0.1) is 6.61 Å². The molecule has 1 aliphatic carbocycles. The van der Waals surface area contributed by atoms with Crippen LogP contribution in [0.1, 0.15) is 32.6 Å².